The second kappa shape index (κ2) is 34.6. The predicted octanol–water partition coefficient (Wildman–Crippen LogP) is 15.2. The van der Waals surface area contributed by atoms with Crippen molar-refractivity contribution in [2.45, 2.75) is 66.9 Å². The number of benzene rings is 6. The summed E-state index contributed by atoms with van der Waals surface area (Å²) >= 11 is 18.9. The van der Waals surface area contributed by atoms with Gasteiger partial charge in [-0.3, -0.25) is 4.90 Å². The zero-order valence-corrected chi connectivity index (χ0v) is 66.9. The summed E-state index contributed by atoms with van der Waals surface area (Å²) in [5.41, 5.74) is 4.76. The molecule has 0 spiro atoms. The van der Waals surface area contributed by atoms with Crippen LogP contribution in [0.4, 0.5) is 75.1 Å². The number of hydrogen-bond donors (Lipinski definition) is 6. The number of ether oxygens (including phenoxy) is 2. The fourth-order valence-electron chi connectivity index (χ4n) is 11.0. The Kier molecular flexibility index (Phi) is 26.7. The maximum Gasteiger partial charge on any atom is 0.229 e. The summed E-state index contributed by atoms with van der Waals surface area (Å²) in [5.74, 6) is 3.09. The minimum atomic E-state index is -3.53. The molecule has 0 radical (unpaired) electrons. The van der Waals surface area contributed by atoms with Crippen LogP contribution in [0.3, 0.4) is 0 Å². The Morgan fingerprint density at radius 1 is 0.452 bits per heavy atom. The molecule has 2 aliphatic rings. The third-order valence-electron chi connectivity index (χ3n) is 17.2. The van der Waals surface area contributed by atoms with Gasteiger partial charge in [0.15, 0.2) is 37.1 Å². The molecule has 0 amide bonds. The number of nitrogens with zero attached hydrogens (tertiary/aromatic N) is 9. The summed E-state index contributed by atoms with van der Waals surface area (Å²) in [4.78, 5) is 34.0. The van der Waals surface area contributed by atoms with E-state index in [9.17, 15) is 30.5 Å². The van der Waals surface area contributed by atoms with Crippen LogP contribution in [0.1, 0.15) is 40.5 Å². The fourth-order valence-corrected chi connectivity index (χ4v) is 16.4. The third-order valence-corrected chi connectivity index (χ3v) is 27.1. The van der Waals surface area contributed by atoms with E-state index in [2.05, 4.69) is 95.7 Å². The van der Waals surface area contributed by atoms with Crippen LogP contribution in [0.15, 0.2) is 162 Å². The second-order valence-electron chi connectivity index (χ2n) is 26.6. The van der Waals surface area contributed by atoms with Gasteiger partial charge in [0.25, 0.3) is 0 Å². The van der Waals surface area contributed by atoms with Crippen LogP contribution < -0.4 is 62.2 Å². The number of halogens is 3. The number of nitrogens with one attached hydrogen (secondary N) is 6. The van der Waals surface area contributed by atoms with Gasteiger partial charge in [0.1, 0.15) is 48.0 Å². The average Bonchev–Trinajstić information content (AvgIpc) is 0.666. The van der Waals surface area contributed by atoms with E-state index in [-0.39, 0.29) is 43.4 Å². The average molecular weight is 1570 g/mol. The molecule has 2 aliphatic heterocycles. The number of rotatable bonds is 23. The third kappa shape index (κ3) is 21.0. The topological polar surface area (TPSA) is 297 Å². The molecule has 0 saturated carbocycles. The highest BCUT2D eigenvalue weighted by atomic mass is 35.5. The first kappa shape index (κ1) is 80.2. The van der Waals surface area contributed by atoms with Gasteiger partial charge in [0.2, 0.25) is 17.8 Å². The Morgan fingerprint density at radius 2 is 0.827 bits per heavy atom. The number of aromatic nitrogens is 6. The number of methoxy groups -OCH3 is 2. The molecule has 0 unspecified atom stereocenters. The highest BCUT2D eigenvalue weighted by Gasteiger charge is 2.29. The smallest absolute Gasteiger partial charge is 0.229 e. The maximum absolute atomic E-state index is 12.8. The van der Waals surface area contributed by atoms with E-state index in [1.807, 2.05) is 30.3 Å². The molecule has 24 nitrogen and oxygen atoms in total. The lowest BCUT2D eigenvalue weighted by Gasteiger charge is -2.42. The minimum absolute atomic E-state index is 0.157. The van der Waals surface area contributed by atoms with Gasteiger partial charge in [-0.15, -0.1) is 0 Å². The van der Waals surface area contributed by atoms with Gasteiger partial charge in [-0.1, -0.05) is 59.1 Å². The molecule has 9 aromatic rings. The van der Waals surface area contributed by atoms with Crippen molar-refractivity contribution in [3.05, 3.63) is 167 Å². The zero-order valence-electron chi connectivity index (χ0n) is 60.3. The van der Waals surface area contributed by atoms with Gasteiger partial charge in [0.05, 0.1) is 75.9 Å². The Morgan fingerprint density at radius 3 is 1.24 bits per heavy atom. The molecule has 11 rings (SSSR count). The van der Waals surface area contributed by atoms with Crippen molar-refractivity contribution in [1.82, 2.24) is 39.7 Å². The van der Waals surface area contributed by atoms with E-state index in [1.165, 1.54) is 45.4 Å². The standard InChI is InChI=1S/C29H39ClN7O2P.C22H26ClN4O4PS.C21H24ClN4O3PS/c1-35-15-17-37(18-16-35)22-11-13-36(14-12-22)23-7-10-26(27(19-23)39-2)33-29-31-20-25(30)28(34-29)32-21-5-8-24(9-6-21)40(3,4)38;1-14(2)33(29,30)20-9-7-6-8-18(20)25-21-16(23)13-24-22(27-21)26-17-11-10-15(32(4,5)28)12-19(17)31-3;1-14(2)31(28,29)19-8-6-5-7-18(19)25-20-17(22)13-23-21(26-20)24-15-9-11-16(12-10-15)30(3,4)27/h5-10,19-20,22H,11-18H2,1-4H3,(H2,31,32,33,34);6-14H,1-5H3,(H2,24,25,26,27);5-14H,1-4H3,(H2,23,24,25,26). The van der Waals surface area contributed by atoms with Crippen molar-refractivity contribution in [2.75, 3.05) is 137 Å². The van der Waals surface area contributed by atoms with Crippen LogP contribution >= 0.6 is 56.2 Å². The van der Waals surface area contributed by atoms with Crippen molar-refractivity contribution >= 4 is 167 Å². The van der Waals surface area contributed by atoms with Gasteiger partial charge in [-0.25, -0.2) is 31.8 Å². The Hall–Kier alpha value is -7.86. The molecule has 0 atom stereocenters. The molecule has 2 fully saturated rings. The highest BCUT2D eigenvalue weighted by molar-refractivity contribution is 7.92. The molecule has 554 valence electrons. The van der Waals surface area contributed by atoms with E-state index in [1.54, 1.807) is 172 Å². The molecule has 2 saturated heterocycles. The first-order valence-electron chi connectivity index (χ1n) is 33.4. The van der Waals surface area contributed by atoms with Gasteiger partial charge in [0, 0.05) is 84.4 Å². The molecule has 5 heterocycles. The van der Waals surface area contributed by atoms with Gasteiger partial charge in [-0.2, -0.15) is 15.0 Å². The molecule has 6 N–H and O–H groups in total. The molecule has 104 heavy (non-hydrogen) atoms. The summed E-state index contributed by atoms with van der Waals surface area (Å²) in [7, 11) is -8.74. The van der Waals surface area contributed by atoms with Crippen molar-refractivity contribution in [3.8, 4) is 11.5 Å². The van der Waals surface area contributed by atoms with E-state index in [0.29, 0.717) is 56.6 Å². The van der Waals surface area contributed by atoms with Crippen molar-refractivity contribution in [3.63, 3.8) is 0 Å². The molecule has 6 aromatic carbocycles. The summed E-state index contributed by atoms with van der Waals surface area (Å²) in [6, 6.07) is 39.9. The summed E-state index contributed by atoms with van der Waals surface area (Å²) in [6.07, 6.45) is 6.76. The van der Waals surface area contributed by atoms with E-state index in [4.69, 9.17) is 44.3 Å². The van der Waals surface area contributed by atoms with Crippen LogP contribution in [0.25, 0.3) is 0 Å². The number of likely N-dealkylation sites (N-methyl/N-ethyl adjacent to an activating group) is 1. The lowest BCUT2D eigenvalue weighted by Crippen LogP contribution is -2.52. The van der Waals surface area contributed by atoms with Gasteiger partial charge in [-0.05, 0) is 191 Å². The predicted molar refractivity (Wildman–Crippen MR) is 429 cm³/mol. The lowest BCUT2D eigenvalue weighted by molar-refractivity contribution is 0.0982. The van der Waals surface area contributed by atoms with Crippen molar-refractivity contribution < 1.29 is 40.0 Å². The quantitative estimate of drug-likeness (QED) is 0.0324. The van der Waals surface area contributed by atoms with E-state index >= 15 is 0 Å². The Bertz CT molecular complexity index is 4890. The minimum Gasteiger partial charge on any atom is -0.495 e. The SMILES string of the molecule is CC(C)S(=O)(=O)c1ccccc1Nc1nc(Nc2ccc(P(C)(C)=O)cc2)ncc1Cl.COc1cc(N2CCC(N3CCN(C)CC3)CC2)ccc1Nc1ncc(Cl)c(Nc2ccc(P(C)(C)=O)cc2)n1.COc1cc(P(C)(C)=O)ccc1Nc1ncc(Cl)c(Nc2ccccc2S(=O)(=O)C(C)C)n1. The number of hydrogen-bond acceptors (Lipinski definition) is 24. The number of para-hydroxylation sites is 2. The monoisotopic (exact) mass is 1570 g/mol. The maximum atomic E-state index is 12.8. The zero-order chi connectivity index (χ0) is 75.5. The van der Waals surface area contributed by atoms with Crippen molar-refractivity contribution in [1.29, 1.82) is 0 Å². The number of sulfone groups is 2. The second-order valence-corrected chi connectivity index (χ2v) is 42.4. The number of piperidine rings is 1. The van der Waals surface area contributed by atoms with Gasteiger partial charge < -0.3 is 64.9 Å². The normalized spacial score (nSPS) is 14.2. The number of piperazine rings is 1. The van der Waals surface area contributed by atoms with E-state index < -0.39 is 51.6 Å². The van der Waals surface area contributed by atoms with Crippen LogP contribution in [0, 0.1) is 0 Å². The summed E-state index contributed by atoms with van der Waals surface area (Å²) in [6.45, 7) is 23.6. The van der Waals surface area contributed by atoms with E-state index in [0.717, 1.165) is 59.6 Å². The first-order chi connectivity index (χ1) is 49.1. The molecule has 32 heteroatoms. The largest absolute Gasteiger partial charge is 0.495 e. The highest BCUT2D eigenvalue weighted by Crippen LogP contribution is 2.41. The van der Waals surface area contributed by atoms with Gasteiger partial charge >= 0.3 is 0 Å². The summed E-state index contributed by atoms with van der Waals surface area (Å²) in [5, 5.41) is 20.7. The Balaban J connectivity index is 0.000000183. The molecular weight excluding hydrogens is 1480 g/mol. The number of anilines is 13. The fraction of sp³-hybridized carbons (Fsp3) is 0.333. The van der Waals surface area contributed by atoms with Crippen LogP contribution in [-0.2, 0) is 33.4 Å². The lowest BCUT2D eigenvalue weighted by atomic mass is 10.0. The van der Waals surface area contributed by atoms with Crippen LogP contribution in [0.5, 0.6) is 11.5 Å². The first-order valence-corrected chi connectivity index (χ1v) is 45.4. The van der Waals surface area contributed by atoms with Crippen LogP contribution in [-0.4, -0.2) is 174 Å². The molecule has 3 aromatic heterocycles. The summed E-state index contributed by atoms with van der Waals surface area (Å²) < 4.78 is 98.9. The molecule has 0 bridgehead atoms. The Labute approximate surface area is 625 Å². The molecule has 0 aliphatic carbocycles. The van der Waals surface area contributed by atoms with Crippen LogP contribution in [0.2, 0.25) is 15.1 Å². The molecular formula is C72H89Cl3N15O9P3S2. The van der Waals surface area contributed by atoms with Crippen molar-refractivity contribution in [2.24, 2.45) is 0 Å².